The normalized spacial score (nSPS) is 18.4. The molecule has 8 nitrogen and oxygen atoms in total. The summed E-state index contributed by atoms with van der Waals surface area (Å²) < 4.78 is 12.6. The summed E-state index contributed by atoms with van der Waals surface area (Å²) in [6.45, 7) is 2.46. The SMILES string of the molecule is Cn1c(=O)[nH]c(N2CCC3(CC2)OCCO3)c(Cc2ccc(C#N)cc2)c1=O. The zero-order chi connectivity index (χ0) is 19.7. The smallest absolute Gasteiger partial charge is 0.329 e. The molecule has 28 heavy (non-hydrogen) atoms. The molecule has 0 atom stereocenters. The first-order valence-electron chi connectivity index (χ1n) is 9.35. The Labute approximate surface area is 161 Å². The monoisotopic (exact) mass is 382 g/mol. The average Bonchev–Trinajstić information content (AvgIpc) is 3.17. The third kappa shape index (κ3) is 3.35. The van der Waals surface area contributed by atoms with Crippen molar-refractivity contribution in [3.05, 3.63) is 61.8 Å². The summed E-state index contributed by atoms with van der Waals surface area (Å²) in [5.74, 6) is 0.0365. The summed E-state index contributed by atoms with van der Waals surface area (Å²) in [4.78, 5) is 30.0. The van der Waals surface area contributed by atoms with Crippen LogP contribution in [0.4, 0.5) is 5.82 Å². The maximum Gasteiger partial charge on any atom is 0.329 e. The molecule has 0 radical (unpaired) electrons. The number of nitrogens with one attached hydrogen (secondary N) is 1. The zero-order valence-corrected chi connectivity index (χ0v) is 15.7. The largest absolute Gasteiger partial charge is 0.357 e. The molecule has 0 unspecified atom stereocenters. The van der Waals surface area contributed by atoms with Gasteiger partial charge in [-0.3, -0.25) is 14.3 Å². The standard InChI is InChI=1S/C20H22N4O4/c1-23-18(25)16(12-14-2-4-15(13-21)5-3-14)17(22-19(23)26)24-8-6-20(7-9-24)27-10-11-28-20/h2-5H,6-12H2,1H3,(H,22,26). The molecule has 2 saturated heterocycles. The molecule has 2 aromatic rings. The fourth-order valence-electron chi connectivity index (χ4n) is 3.84. The van der Waals surface area contributed by atoms with E-state index in [-0.39, 0.29) is 5.56 Å². The molecule has 4 rings (SSSR count). The van der Waals surface area contributed by atoms with E-state index in [9.17, 15) is 9.59 Å². The van der Waals surface area contributed by atoms with Crippen molar-refractivity contribution in [1.82, 2.24) is 9.55 Å². The van der Waals surface area contributed by atoms with E-state index in [1.807, 2.05) is 17.0 Å². The Kier molecular flexibility index (Phi) is 4.79. The average molecular weight is 382 g/mol. The number of hydrogen-bond acceptors (Lipinski definition) is 6. The second-order valence-corrected chi connectivity index (χ2v) is 7.20. The van der Waals surface area contributed by atoms with Gasteiger partial charge in [0.25, 0.3) is 5.56 Å². The predicted molar refractivity (Wildman–Crippen MR) is 102 cm³/mol. The van der Waals surface area contributed by atoms with E-state index in [2.05, 4.69) is 11.1 Å². The molecule has 0 bridgehead atoms. The first-order valence-corrected chi connectivity index (χ1v) is 9.35. The van der Waals surface area contributed by atoms with Crippen LogP contribution in [0.25, 0.3) is 0 Å². The van der Waals surface area contributed by atoms with Crippen molar-refractivity contribution in [3.63, 3.8) is 0 Å². The summed E-state index contributed by atoms with van der Waals surface area (Å²) in [5.41, 5.74) is 1.27. The lowest BCUT2D eigenvalue weighted by Gasteiger charge is -2.38. The van der Waals surface area contributed by atoms with Gasteiger partial charge in [-0.25, -0.2) is 4.79 Å². The van der Waals surface area contributed by atoms with Crippen molar-refractivity contribution in [3.8, 4) is 6.07 Å². The second-order valence-electron chi connectivity index (χ2n) is 7.20. The van der Waals surface area contributed by atoms with Gasteiger partial charge < -0.3 is 14.4 Å². The molecule has 0 amide bonds. The van der Waals surface area contributed by atoms with Gasteiger partial charge in [0.05, 0.1) is 30.4 Å². The van der Waals surface area contributed by atoms with Crippen LogP contribution in [0.3, 0.4) is 0 Å². The maximum absolute atomic E-state index is 12.8. The van der Waals surface area contributed by atoms with E-state index >= 15 is 0 Å². The van der Waals surface area contributed by atoms with Crippen molar-refractivity contribution < 1.29 is 9.47 Å². The third-order valence-corrected chi connectivity index (χ3v) is 5.50. The topological polar surface area (TPSA) is 100 Å². The van der Waals surface area contributed by atoms with Crippen LogP contribution in [0, 0.1) is 11.3 Å². The Balaban J connectivity index is 1.66. The highest BCUT2D eigenvalue weighted by molar-refractivity contribution is 5.48. The van der Waals surface area contributed by atoms with Crippen molar-refractivity contribution in [2.24, 2.45) is 7.05 Å². The number of ether oxygens (including phenoxy) is 2. The molecule has 2 fully saturated rings. The minimum Gasteiger partial charge on any atom is -0.357 e. The summed E-state index contributed by atoms with van der Waals surface area (Å²) in [7, 11) is 1.47. The fraction of sp³-hybridized carbons (Fsp3) is 0.450. The first-order chi connectivity index (χ1) is 13.5. The van der Waals surface area contributed by atoms with Crippen LogP contribution in [0.2, 0.25) is 0 Å². The Hall–Kier alpha value is -2.89. The fourth-order valence-corrected chi connectivity index (χ4v) is 3.84. The molecule has 2 aliphatic heterocycles. The van der Waals surface area contributed by atoms with Crippen molar-refractivity contribution in [2.45, 2.75) is 25.0 Å². The van der Waals surface area contributed by atoms with Crippen LogP contribution in [0.5, 0.6) is 0 Å². The Morgan fingerprint density at radius 3 is 2.39 bits per heavy atom. The van der Waals surface area contributed by atoms with E-state index in [0.29, 0.717) is 62.5 Å². The van der Waals surface area contributed by atoms with Gasteiger partial charge in [-0.2, -0.15) is 5.26 Å². The van der Waals surface area contributed by atoms with E-state index in [1.165, 1.54) is 7.05 Å². The molecule has 3 heterocycles. The number of nitriles is 1. The second kappa shape index (κ2) is 7.26. The maximum atomic E-state index is 12.8. The minimum atomic E-state index is -0.524. The Morgan fingerprint density at radius 2 is 1.79 bits per heavy atom. The molecular formula is C20H22N4O4. The lowest BCUT2D eigenvalue weighted by Crippen LogP contribution is -2.47. The summed E-state index contributed by atoms with van der Waals surface area (Å²) in [6.07, 6.45) is 1.74. The summed E-state index contributed by atoms with van der Waals surface area (Å²) in [5, 5.41) is 8.96. The Bertz CT molecular complexity index is 1020. The molecule has 1 aromatic heterocycles. The summed E-state index contributed by atoms with van der Waals surface area (Å²) >= 11 is 0. The molecule has 0 saturated carbocycles. The highest BCUT2D eigenvalue weighted by atomic mass is 16.7. The third-order valence-electron chi connectivity index (χ3n) is 5.50. The molecule has 1 N–H and O–H groups in total. The van der Waals surface area contributed by atoms with Crippen LogP contribution in [-0.4, -0.2) is 41.6 Å². The number of anilines is 1. The molecule has 1 spiro atoms. The molecule has 146 valence electrons. The molecule has 8 heteroatoms. The number of rotatable bonds is 3. The number of hydrogen-bond donors (Lipinski definition) is 1. The highest BCUT2D eigenvalue weighted by Crippen LogP contribution is 2.33. The number of H-pyrrole nitrogens is 1. The van der Waals surface area contributed by atoms with Crippen molar-refractivity contribution in [1.29, 1.82) is 5.26 Å². The quantitative estimate of drug-likeness (QED) is 0.846. The van der Waals surface area contributed by atoms with Crippen LogP contribution in [0.1, 0.15) is 29.5 Å². The van der Waals surface area contributed by atoms with Crippen LogP contribution in [-0.2, 0) is 22.9 Å². The Morgan fingerprint density at radius 1 is 1.14 bits per heavy atom. The van der Waals surface area contributed by atoms with Crippen LogP contribution < -0.4 is 16.1 Å². The van der Waals surface area contributed by atoms with Gasteiger partial charge in [0, 0.05) is 39.4 Å². The van der Waals surface area contributed by atoms with Gasteiger partial charge in [-0.1, -0.05) is 12.1 Å². The number of benzene rings is 1. The van der Waals surface area contributed by atoms with Gasteiger partial charge in [0.15, 0.2) is 5.79 Å². The first kappa shape index (κ1) is 18.5. The molecule has 0 aliphatic carbocycles. The molecule has 1 aromatic carbocycles. The number of aromatic amines is 1. The van der Waals surface area contributed by atoms with E-state index in [4.69, 9.17) is 14.7 Å². The number of piperidine rings is 1. The minimum absolute atomic E-state index is 0.309. The van der Waals surface area contributed by atoms with Crippen LogP contribution in [0.15, 0.2) is 33.9 Å². The van der Waals surface area contributed by atoms with Gasteiger partial charge >= 0.3 is 5.69 Å². The zero-order valence-electron chi connectivity index (χ0n) is 15.7. The van der Waals surface area contributed by atoms with E-state index in [0.717, 1.165) is 10.1 Å². The van der Waals surface area contributed by atoms with Crippen molar-refractivity contribution in [2.75, 3.05) is 31.2 Å². The highest BCUT2D eigenvalue weighted by Gasteiger charge is 2.40. The van der Waals surface area contributed by atoms with Gasteiger partial charge in [0.2, 0.25) is 0 Å². The number of nitrogens with zero attached hydrogens (tertiary/aromatic N) is 3. The van der Waals surface area contributed by atoms with Gasteiger partial charge in [-0.05, 0) is 17.7 Å². The number of aromatic nitrogens is 2. The predicted octanol–water partition coefficient (Wildman–Crippen LogP) is 0.879. The molecule has 2 aliphatic rings. The van der Waals surface area contributed by atoms with E-state index < -0.39 is 11.5 Å². The summed E-state index contributed by atoms with van der Waals surface area (Å²) in [6, 6.07) is 9.20. The van der Waals surface area contributed by atoms with Gasteiger partial charge in [-0.15, -0.1) is 0 Å². The lowest BCUT2D eigenvalue weighted by molar-refractivity contribution is -0.169. The lowest BCUT2D eigenvalue weighted by atomic mass is 10.0. The van der Waals surface area contributed by atoms with Gasteiger partial charge in [0.1, 0.15) is 5.82 Å². The van der Waals surface area contributed by atoms with Crippen molar-refractivity contribution >= 4 is 5.82 Å². The molecular weight excluding hydrogens is 360 g/mol. The van der Waals surface area contributed by atoms with Crippen LogP contribution >= 0.6 is 0 Å². The van der Waals surface area contributed by atoms with E-state index in [1.54, 1.807) is 12.1 Å².